The van der Waals surface area contributed by atoms with Gasteiger partial charge in [-0.05, 0) is 60.9 Å². The van der Waals surface area contributed by atoms with Crippen LogP contribution in [0.2, 0.25) is 0 Å². The van der Waals surface area contributed by atoms with Gasteiger partial charge >= 0.3 is 6.36 Å². The van der Waals surface area contributed by atoms with Gasteiger partial charge < -0.3 is 20.8 Å². The summed E-state index contributed by atoms with van der Waals surface area (Å²) in [5.74, 6) is -1.75. The van der Waals surface area contributed by atoms with Crippen LogP contribution in [0.5, 0.6) is 5.75 Å². The van der Waals surface area contributed by atoms with Crippen LogP contribution >= 0.6 is 0 Å². The molecule has 9 heteroatoms. The van der Waals surface area contributed by atoms with Crippen molar-refractivity contribution in [1.82, 2.24) is 4.98 Å². The van der Waals surface area contributed by atoms with E-state index in [2.05, 4.69) is 14.6 Å². The zero-order valence-corrected chi connectivity index (χ0v) is 15.4. The Labute approximate surface area is 165 Å². The number of nitrogens with two attached hydrogens (primary N) is 1. The minimum Gasteiger partial charge on any atom is -0.404 e. The SMILES string of the molecule is N=C/C(=C\N)C1CCN(c2ccnc(-c3ccc(OC(F)(F)F)c(F)c3)c2)CC1. The molecule has 0 radical (unpaired) electrons. The number of alkyl halides is 3. The zero-order chi connectivity index (χ0) is 21.0. The van der Waals surface area contributed by atoms with Crippen LogP contribution in [0, 0.1) is 17.1 Å². The summed E-state index contributed by atoms with van der Waals surface area (Å²) in [5.41, 5.74) is 8.07. The quantitative estimate of drug-likeness (QED) is 0.565. The van der Waals surface area contributed by atoms with Gasteiger partial charge in [0.25, 0.3) is 0 Å². The first-order chi connectivity index (χ1) is 13.8. The Kier molecular flexibility index (Phi) is 6.05. The fourth-order valence-electron chi connectivity index (χ4n) is 3.41. The summed E-state index contributed by atoms with van der Waals surface area (Å²) in [6, 6.07) is 6.86. The number of nitrogens with one attached hydrogen (secondary N) is 1. The number of benzene rings is 1. The molecule has 0 unspecified atom stereocenters. The molecule has 0 atom stereocenters. The fourth-order valence-corrected chi connectivity index (χ4v) is 3.41. The highest BCUT2D eigenvalue weighted by atomic mass is 19.4. The lowest BCUT2D eigenvalue weighted by molar-refractivity contribution is -0.275. The van der Waals surface area contributed by atoms with Gasteiger partial charge in [-0.25, -0.2) is 4.39 Å². The van der Waals surface area contributed by atoms with Crippen molar-refractivity contribution in [3.8, 4) is 17.0 Å². The van der Waals surface area contributed by atoms with Crippen molar-refractivity contribution in [3.05, 3.63) is 54.1 Å². The largest absolute Gasteiger partial charge is 0.573 e. The van der Waals surface area contributed by atoms with Gasteiger partial charge in [0.2, 0.25) is 0 Å². The van der Waals surface area contributed by atoms with Gasteiger partial charge in [-0.3, -0.25) is 4.98 Å². The molecule has 29 heavy (non-hydrogen) atoms. The number of hydrogen-bond acceptors (Lipinski definition) is 5. The standard InChI is InChI=1S/C20H20F4N4O/c21-17-9-14(1-2-19(17)29-20(22,23)24)18-10-16(3-6-27-18)28-7-4-13(5-8-28)15(11-25)12-26/h1-3,6,9-13,25H,4-5,7-8,26H2/b15-12+,25-11?. The Morgan fingerprint density at radius 3 is 2.52 bits per heavy atom. The number of aromatic nitrogens is 1. The molecule has 154 valence electrons. The van der Waals surface area contributed by atoms with Gasteiger partial charge in [0.05, 0.1) is 5.69 Å². The number of ether oxygens (including phenoxy) is 1. The van der Waals surface area contributed by atoms with E-state index in [9.17, 15) is 17.6 Å². The highest BCUT2D eigenvalue weighted by Crippen LogP contribution is 2.31. The molecule has 3 rings (SSSR count). The first-order valence-corrected chi connectivity index (χ1v) is 8.99. The Morgan fingerprint density at radius 2 is 1.93 bits per heavy atom. The number of anilines is 1. The minimum absolute atomic E-state index is 0.241. The Morgan fingerprint density at radius 1 is 1.21 bits per heavy atom. The molecule has 0 aliphatic carbocycles. The Hall–Kier alpha value is -3.10. The molecule has 3 N–H and O–H groups in total. The van der Waals surface area contributed by atoms with E-state index in [0.717, 1.165) is 49.3 Å². The van der Waals surface area contributed by atoms with E-state index in [1.165, 1.54) is 18.5 Å². The number of halogens is 4. The third kappa shape index (κ3) is 5.04. The third-order valence-corrected chi connectivity index (χ3v) is 4.89. The lowest BCUT2D eigenvalue weighted by Gasteiger charge is -2.34. The average molecular weight is 408 g/mol. The number of pyridine rings is 1. The summed E-state index contributed by atoms with van der Waals surface area (Å²) in [4.78, 5) is 6.36. The zero-order valence-electron chi connectivity index (χ0n) is 15.4. The molecule has 0 spiro atoms. The van der Waals surface area contributed by atoms with Crippen LogP contribution in [0.15, 0.2) is 48.3 Å². The van der Waals surface area contributed by atoms with Crippen molar-refractivity contribution < 1.29 is 22.3 Å². The summed E-state index contributed by atoms with van der Waals surface area (Å²) < 4.78 is 54.6. The lowest BCUT2D eigenvalue weighted by atomic mass is 9.90. The van der Waals surface area contributed by atoms with Crippen molar-refractivity contribution >= 4 is 11.9 Å². The summed E-state index contributed by atoms with van der Waals surface area (Å²) in [7, 11) is 0. The Bertz CT molecular complexity index is 906. The summed E-state index contributed by atoms with van der Waals surface area (Å²) in [5, 5.41) is 7.42. The van der Waals surface area contributed by atoms with Gasteiger partial charge in [0.1, 0.15) is 0 Å². The van der Waals surface area contributed by atoms with Gasteiger partial charge in [-0.1, -0.05) is 0 Å². The second-order valence-electron chi connectivity index (χ2n) is 6.66. The predicted molar refractivity (Wildman–Crippen MR) is 102 cm³/mol. The van der Waals surface area contributed by atoms with Crippen LogP contribution in [0.25, 0.3) is 11.3 Å². The number of allylic oxidation sites excluding steroid dienone is 1. The van der Waals surface area contributed by atoms with Crippen LogP contribution in [-0.4, -0.2) is 30.7 Å². The van der Waals surface area contributed by atoms with Crippen molar-refractivity contribution in [1.29, 1.82) is 5.41 Å². The maximum absolute atomic E-state index is 14.0. The number of nitrogens with zero attached hydrogens (tertiary/aromatic N) is 2. The smallest absolute Gasteiger partial charge is 0.404 e. The summed E-state index contributed by atoms with van der Waals surface area (Å²) in [6.07, 6.45) is 1.06. The van der Waals surface area contributed by atoms with Crippen LogP contribution in [0.1, 0.15) is 12.8 Å². The monoisotopic (exact) mass is 408 g/mol. The molecular formula is C20H20F4N4O. The normalized spacial score (nSPS) is 16.0. The molecule has 1 fully saturated rings. The van der Waals surface area contributed by atoms with Crippen molar-refractivity contribution in [2.45, 2.75) is 19.2 Å². The van der Waals surface area contributed by atoms with Crippen LogP contribution in [0.4, 0.5) is 23.2 Å². The van der Waals surface area contributed by atoms with Crippen molar-refractivity contribution in [2.24, 2.45) is 11.7 Å². The molecule has 0 bridgehead atoms. The highest BCUT2D eigenvalue weighted by molar-refractivity contribution is 5.76. The summed E-state index contributed by atoms with van der Waals surface area (Å²) >= 11 is 0. The Balaban J connectivity index is 1.75. The highest BCUT2D eigenvalue weighted by Gasteiger charge is 2.32. The first kappa shape index (κ1) is 20.6. The van der Waals surface area contributed by atoms with Crippen molar-refractivity contribution in [3.63, 3.8) is 0 Å². The molecule has 5 nitrogen and oxygen atoms in total. The summed E-state index contributed by atoms with van der Waals surface area (Å²) in [6.45, 7) is 1.51. The van der Waals surface area contributed by atoms with Crippen LogP contribution in [0.3, 0.4) is 0 Å². The van der Waals surface area contributed by atoms with E-state index in [4.69, 9.17) is 11.1 Å². The lowest BCUT2D eigenvalue weighted by Crippen LogP contribution is -2.34. The second kappa shape index (κ2) is 8.50. The van der Waals surface area contributed by atoms with Gasteiger partial charge in [-0.2, -0.15) is 0 Å². The van der Waals surface area contributed by atoms with E-state index in [1.54, 1.807) is 12.3 Å². The van der Waals surface area contributed by atoms with E-state index >= 15 is 0 Å². The molecule has 1 aromatic heterocycles. The number of piperidine rings is 1. The fraction of sp³-hybridized carbons (Fsp3) is 0.300. The van der Waals surface area contributed by atoms with Crippen LogP contribution < -0.4 is 15.4 Å². The topological polar surface area (TPSA) is 75.2 Å². The molecule has 1 aromatic carbocycles. The molecule has 1 aliphatic heterocycles. The molecule has 1 saturated heterocycles. The van der Waals surface area contributed by atoms with Gasteiger partial charge in [-0.15, -0.1) is 13.2 Å². The molecular weight excluding hydrogens is 388 g/mol. The minimum atomic E-state index is -4.96. The number of hydrogen-bond donors (Lipinski definition) is 2. The molecule has 0 saturated carbocycles. The van der Waals surface area contributed by atoms with Gasteiger partial charge in [0.15, 0.2) is 11.6 Å². The predicted octanol–water partition coefficient (Wildman–Crippen LogP) is 4.49. The van der Waals surface area contributed by atoms with Gasteiger partial charge in [0, 0.05) is 36.8 Å². The molecule has 1 aliphatic rings. The van der Waals surface area contributed by atoms with Crippen LogP contribution in [-0.2, 0) is 0 Å². The van der Waals surface area contributed by atoms with E-state index < -0.39 is 17.9 Å². The van der Waals surface area contributed by atoms with Crippen molar-refractivity contribution in [2.75, 3.05) is 18.0 Å². The van der Waals surface area contributed by atoms with E-state index in [1.807, 2.05) is 6.07 Å². The third-order valence-electron chi connectivity index (χ3n) is 4.89. The second-order valence-corrected chi connectivity index (χ2v) is 6.66. The van der Waals surface area contributed by atoms with E-state index in [0.29, 0.717) is 11.3 Å². The maximum atomic E-state index is 14.0. The number of rotatable bonds is 5. The molecule has 2 aromatic rings. The molecule has 2 heterocycles. The van der Waals surface area contributed by atoms with E-state index in [-0.39, 0.29) is 5.92 Å². The molecule has 0 amide bonds. The average Bonchev–Trinajstić information content (AvgIpc) is 2.70. The maximum Gasteiger partial charge on any atom is 0.573 e. The first-order valence-electron chi connectivity index (χ1n) is 8.99.